The number of halogens is 1. The summed E-state index contributed by atoms with van der Waals surface area (Å²) in [6.07, 6.45) is 0.200. The predicted molar refractivity (Wildman–Crippen MR) is 101 cm³/mol. The molecule has 0 radical (unpaired) electrons. The molecule has 0 atom stereocenters. The Morgan fingerprint density at radius 2 is 1.74 bits per heavy atom. The topological polar surface area (TPSA) is 70.7 Å². The Bertz CT molecular complexity index is 723. The lowest BCUT2D eigenvalue weighted by Crippen LogP contribution is -2.40. The van der Waals surface area contributed by atoms with Crippen LogP contribution in [0.15, 0.2) is 54.6 Å². The van der Waals surface area contributed by atoms with E-state index in [0.717, 1.165) is 5.56 Å². The Hall–Kier alpha value is -2.93. The molecule has 0 spiro atoms. The number of carbonyl (C=O) groups is 2. The van der Waals surface area contributed by atoms with Gasteiger partial charge in [0.1, 0.15) is 18.2 Å². The summed E-state index contributed by atoms with van der Waals surface area (Å²) in [6, 6.07) is 14.8. The van der Waals surface area contributed by atoms with Crippen LogP contribution in [0.2, 0.25) is 0 Å². The first-order valence-electron chi connectivity index (χ1n) is 8.71. The zero-order valence-corrected chi connectivity index (χ0v) is 15.3. The van der Waals surface area contributed by atoms with Crippen molar-refractivity contribution in [3.05, 3.63) is 66.0 Å². The van der Waals surface area contributed by atoms with Gasteiger partial charge in [-0.1, -0.05) is 30.3 Å². The highest BCUT2D eigenvalue weighted by Gasteiger charge is 2.09. The summed E-state index contributed by atoms with van der Waals surface area (Å²) in [4.78, 5) is 25.5. The second-order valence-electron chi connectivity index (χ2n) is 6.07. The maximum atomic E-state index is 12.8. The standard InChI is InChI=1S/C20H24FN3O3/c1-24(13-14-27-18-9-7-17(21)8-10-18)12-11-19(25)23-20(26)22-15-16-5-3-2-4-6-16/h2-10H,11-15H2,1H3,(H2,22,23,25,26). The van der Waals surface area contributed by atoms with E-state index in [1.165, 1.54) is 12.1 Å². The molecule has 144 valence electrons. The monoisotopic (exact) mass is 373 g/mol. The molecular formula is C20H24FN3O3. The molecule has 2 N–H and O–H groups in total. The lowest BCUT2D eigenvalue weighted by atomic mass is 10.2. The van der Waals surface area contributed by atoms with E-state index in [0.29, 0.717) is 32.0 Å². The van der Waals surface area contributed by atoms with Gasteiger partial charge in [-0.05, 0) is 36.9 Å². The van der Waals surface area contributed by atoms with Gasteiger partial charge in [0.15, 0.2) is 0 Å². The van der Waals surface area contributed by atoms with Gasteiger partial charge < -0.3 is 15.0 Å². The number of hydrogen-bond acceptors (Lipinski definition) is 4. The second kappa shape index (κ2) is 10.9. The lowest BCUT2D eigenvalue weighted by Gasteiger charge is -2.16. The summed E-state index contributed by atoms with van der Waals surface area (Å²) in [5.41, 5.74) is 0.959. The van der Waals surface area contributed by atoms with Crippen LogP contribution in [0.3, 0.4) is 0 Å². The van der Waals surface area contributed by atoms with E-state index in [1.54, 1.807) is 12.1 Å². The zero-order chi connectivity index (χ0) is 19.5. The third kappa shape index (κ3) is 8.33. The summed E-state index contributed by atoms with van der Waals surface area (Å²) in [6.45, 7) is 1.87. The largest absolute Gasteiger partial charge is 0.492 e. The van der Waals surface area contributed by atoms with Crippen LogP contribution in [0.1, 0.15) is 12.0 Å². The molecule has 0 aliphatic carbocycles. The summed E-state index contributed by atoms with van der Waals surface area (Å²) >= 11 is 0. The molecule has 0 aliphatic heterocycles. The van der Waals surface area contributed by atoms with Crippen molar-refractivity contribution in [3.63, 3.8) is 0 Å². The van der Waals surface area contributed by atoms with Crippen molar-refractivity contribution in [1.29, 1.82) is 0 Å². The Morgan fingerprint density at radius 1 is 1.04 bits per heavy atom. The first-order chi connectivity index (χ1) is 13.0. The molecular weight excluding hydrogens is 349 g/mol. The fraction of sp³-hybridized carbons (Fsp3) is 0.300. The summed E-state index contributed by atoms with van der Waals surface area (Å²) in [5.74, 6) is -0.0530. The minimum absolute atomic E-state index is 0.200. The molecule has 0 aliphatic rings. The van der Waals surface area contributed by atoms with Crippen molar-refractivity contribution >= 4 is 11.9 Å². The first kappa shape index (κ1) is 20.4. The van der Waals surface area contributed by atoms with Gasteiger partial charge in [0.05, 0.1) is 0 Å². The second-order valence-corrected chi connectivity index (χ2v) is 6.07. The number of carbonyl (C=O) groups excluding carboxylic acids is 2. The highest BCUT2D eigenvalue weighted by atomic mass is 19.1. The molecule has 2 aromatic rings. The van der Waals surface area contributed by atoms with Crippen LogP contribution in [-0.4, -0.2) is 43.6 Å². The SMILES string of the molecule is CN(CCOc1ccc(F)cc1)CCC(=O)NC(=O)NCc1ccccc1. The molecule has 7 heteroatoms. The number of imide groups is 1. The molecule has 0 unspecified atom stereocenters. The van der Waals surface area contributed by atoms with E-state index in [1.807, 2.05) is 42.3 Å². The number of ether oxygens (including phenoxy) is 1. The van der Waals surface area contributed by atoms with E-state index in [4.69, 9.17) is 4.74 Å². The summed E-state index contributed by atoms with van der Waals surface area (Å²) < 4.78 is 18.3. The fourth-order valence-electron chi connectivity index (χ4n) is 2.27. The zero-order valence-electron chi connectivity index (χ0n) is 15.3. The van der Waals surface area contributed by atoms with E-state index in [2.05, 4.69) is 10.6 Å². The van der Waals surface area contributed by atoms with Crippen molar-refractivity contribution in [2.75, 3.05) is 26.7 Å². The quantitative estimate of drug-likeness (QED) is 0.709. The van der Waals surface area contributed by atoms with Crippen LogP contribution in [0, 0.1) is 5.82 Å². The average Bonchev–Trinajstić information content (AvgIpc) is 2.67. The van der Waals surface area contributed by atoms with E-state index >= 15 is 0 Å². The van der Waals surface area contributed by atoms with Gasteiger partial charge in [0.2, 0.25) is 5.91 Å². The number of nitrogens with one attached hydrogen (secondary N) is 2. The Kier molecular flexibility index (Phi) is 8.25. The number of nitrogens with zero attached hydrogens (tertiary/aromatic N) is 1. The smallest absolute Gasteiger partial charge is 0.321 e. The Morgan fingerprint density at radius 3 is 2.44 bits per heavy atom. The van der Waals surface area contributed by atoms with Crippen molar-refractivity contribution in [1.82, 2.24) is 15.5 Å². The number of benzene rings is 2. The number of urea groups is 1. The van der Waals surface area contributed by atoms with Gasteiger partial charge in [-0.25, -0.2) is 9.18 Å². The number of hydrogen-bond donors (Lipinski definition) is 2. The third-order valence-electron chi connectivity index (χ3n) is 3.82. The van der Waals surface area contributed by atoms with Crippen LogP contribution >= 0.6 is 0 Å². The normalized spacial score (nSPS) is 10.5. The molecule has 0 bridgehead atoms. The lowest BCUT2D eigenvalue weighted by molar-refractivity contribution is -0.120. The fourth-order valence-corrected chi connectivity index (χ4v) is 2.27. The highest BCUT2D eigenvalue weighted by Crippen LogP contribution is 2.10. The minimum atomic E-state index is -0.508. The maximum absolute atomic E-state index is 12.8. The molecule has 0 aromatic heterocycles. The summed E-state index contributed by atoms with van der Waals surface area (Å²) in [7, 11) is 1.86. The number of amides is 3. The van der Waals surface area contributed by atoms with Gasteiger partial charge in [-0.2, -0.15) is 0 Å². The predicted octanol–water partition coefficient (Wildman–Crippen LogP) is 2.55. The molecule has 6 nitrogen and oxygen atoms in total. The molecule has 0 saturated heterocycles. The molecule has 0 fully saturated rings. The number of likely N-dealkylation sites (N-methyl/N-ethyl adjacent to an activating group) is 1. The van der Waals surface area contributed by atoms with Crippen molar-refractivity contribution < 1.29 is 18.7 Å². The van der Waals surface area contributed by atoms with Crippen LogP contribution in [-0.2, 0) is 11.3 Å². The molecule has 27 heavy (non-hydrogen) atoms. The van der Waals surface area contributed by atoms with Gasteiger partial charge in [-0.3, -0.25) is 10.1 Å². The maximum Gasteiger partial charge on any atom is 0.321 e. The highest BCUT2D eigenvalue weighted by molar-refractivity contribution is 5.94. The van der Waals surface area contributed by atoms with Gasteiger partial charge in [-0.15, -0.1) is 0 Å². The van der Waals surface area contributed by atoms with Crippen molar-refractivity contribution in [3.8, 4) is 5.75 Å². The van der Waals surface area contributed by atoms with Gasteiger partial charge in [0, 0.05) is 26.1 Å². The molecule has 3 amide bonds. The van der Waals surface area contributed by atoms with Crippen LogP contribution in [0.4, 0.5) is 9.18 Å². The number of rotatable bonds is 9. The van der Waals surface area contributed by atoms with Crippen LogP contribution < -0.4 is 15.4 Å². The van der Waals surface area contributed by atoms with Crippen molar-refractivity contribution in [2.24, 2.45) is 0 Å². The molecule has 2 rings (SSSR count). The molecule has 2 aromatic carbocycles. The van der Waals surface area contributed by atoms with Gasteiger partial charge >= 0.3 is 6.03 Å². The summed E-state index contributed by atoms with van der Waals surface area (Å²) in [5, 5.41) is 4.95. The third-order valence-corrected chi connectivity index (χ3v) is 3.82. The van der Waals surface area contributed by atoms with Crippen molar-refractivity contribution in [2.45, 2.75) is 13.0 Å². The van der Waals surface area contributed by atoms with Crippen LogP contribution in [0.5, 0.6) is 5.75 Å². The van der Waals surface area contributed by atoms with E-state index < -0.39 is 6.03 Å². The Labute approximate surface area is 158 Å². The molecule has 0 heterocycles. The Balaban J connectivity index is 1.57. The van der Waals surface area contributed by atoms with E-state index in [-0.39, 0.29) is 18.1 Å². The first-order valence-corrected chi connectivity index (χ1v) is 8.71. The van der Waals surface area contributed by atoms with Gasteiger partial charge in [0.25, 0.3) is 0 Å². The minimum Gasteiger partial charge on any atom is -0.492 e. The molecule has 0 saturated carbocycles. The average molecular weight is 373 g/mol. The van der Waals surface area contributed by atoms with Crippen LogP contribution in [0.25, 0.3) is 0 Å². The van der Waals surface area contributed by atoms with E-state index in [9.17, 15) is 14.0 Å².